The topological polar surface area (TPSA) is 85.2 Å². The largest absolute Gasteiger partial charge is 0.324 e. The molecule has 1 amide bonds. The highest BCUT2D eigenvalue weighted by Gasteiger charge is 2.43. The minimum absolute atomic E-state index is 0.115. The lowest BCUT2D eigenvalue weighted by atomic mass is 9.84. The minimum Gasteiger partial charge on any atom is -0.324 e. The standard InChI is InChI=1S/C26H28N6OS/c1-15-19(12-27)25(33)32(17-5-3-4-6-17)24-20(15)13-28-26(30-24)29-16-7-8-18-21-14-31(2)10-9-22(21)34-23(18)11-16/h7-8,11,13,15,17,19H,3-6,9-10,14H2,1-2H3,(H,28,29,30). The van der Waals surface area contributed by atoms with E-state index < -0.39 is 5.92 Å². The van der Waals surface area contributed by atoms with Crippen LogP contribution in [0.3, 0.4) is 0 Å². The van der Waals surface area contributed by atoms with E-state index in [1.54, 1.807) is 11.1 Å². The van der Waals surface area contributed by atoms with E-state index in [-0.39, 0.29) is 17.9 Å². The molecule has 6 rings (SSSR count). The number of aromatic nitrogens is 2. The van der Waals surface area contributed by atoms with Crippen LogP contribution in [0.4, 0.5) is 17.5 Å². The van der Waals surface area contributed by atoms with Crippen molar-refractivity contribution < 1.29 is 4.79 Å². The first-order valence-electron chi connectivity index (χ1n) is 12.1. The van der Waals surface area contributed by atoms with Gasteiger partial charge in [0.1, 0.15) is 11.7 Å². The van der Waals surface area contributed by atoms with Crippen LogP contribution < -0.4 is 10.2 Å². The molecule has 0 spiro atoms. The normalized spacial score (nSPS) is 23.1. The van der Waals surface area contributed by atoms with Gasteiger partial charge in [-0.05, 0) is 49.4 Å². The minimum atomic E-state index is -0.679. The number of fused-ring (bicyclic) bond motifs is 4. The summed E-state index contributed by atoms with van der Waals surface area (Å²) in [7, 11) is 2.18. The van der Waals surface area contributed by atoms with Crippen LogP contribution in [-0.2, 0) is 17.8 Å². The van der Waals surface area contributed by atoms with Crippen LogP contribution in [-0.4, -0.2) is 40.4 Å². The van der Waals surface area contributed by atoms with Crippen molar-refractivity contribution in [3.63, 3.8) is 0 Å². The van der Waals surface area contributed by atoms with Crippen LogP contribution >= 0.6 is 11.3 Å². The molecule has 4 heterocycles. The first-order valence-corrected chi connectivity index (χ1v) is 12.9. The van der Waals surface area contributed by atoms with Gasteiger partial charge in [-0.3, -0.25) is 9.69 Å². The molecule has 174 valence electrons. The van der Waals surface area contributed by atoms with Gasteiger partial charge in [-0.2, -0.15) is 10.2 Å². The molecule has 1 saturated carbocycles. The highest BCUT2D eigenvalue weighted by Crippen LogP contribution is 2.42. The molecule has 0 saturated heterocycles. The van der Waals surface area contributed by atoms with Gasteiger partial charge in [0.25, 0.3) is 0 Å². The summed E-state index contributed by atoms with van der Waals surface area (Å²) in [5.41, 5.74) is 3.28. The maximum atomic E-state index is 13.3. The van der Waals surface area contributed by atoms with Crippen molar-refractivity contribution in [3.05, 3.63) is 40.4 Å². The molecule has 8 heteroatoms. The summed E-state index contributed by atoms with van der Waals surface area (Å²) < 4.78 is 1.27. The summed E-state index contributed by atoms with van der Waals surface area (Å²) in [6.45, 7) is 4.04. The molecule has 3 aliphatic rings. The Labute approximate surface area is 203 Å². The van der Waals surface area contributed by atoms with Gasteiger partial charge in [0.15, 0.2) is 0 Å². The molecule has 1 fully saturated rings. The van der Waals surface area contributed by atoms with E-state index in [0.717, 1.165) is 56.4 Å². The molecule has 2 aliphatic heterocycles. The quantitative estimate of drug-likeness (QED) is 0.580. The Morgan fingerprint density at radius 3 is 2.88 bits per heavy atom. The van der Waals surface area contributed by atoms with Gasteiger partial charge >= 0.3 is 0 Å². The second-order valence-electron chi connectivity index (χ2n) is 9.84. The van der Waals surface area contributed by atoms with Crippen molar-refractivity contribution >= 4 is 44.8 Å². The number of likely N-dealkylation sites (N-methyl/N-ethyl adjacent to an activating group) is 1. The van der Waals surface area contributed by atoms with Gasteiger partial charge < -0.3 is 10.2 Å². The van der Waals surface area contributed by atoms with Gasteiger partial charge in [-0.25, -0.2) is 4.98 Å². The monoisotopic (exact) mass is 472 g/mol. The van der Waals surface area contributed by atoms with Gasteiger partial charge in [-0.1, -0.05) is 25.8 Å². The first kappa shape index (κ1) is 21.5. The average Bonchev–Trinajstić information content (AvgIpc) is 3.47. The fraction of sp³-hybridized carbons (Fsp3) is 0.462. The molecular formula is C26H28N6OS. The number of carbonyl (C=O) groups excluding carboxylic acids is 1. The molecule has 34 heavy (non-hydrogen) atoms. The van der Waals surface area contributed by atoms with E-state index in [0.29, 0.717) is 11.8 Å². The van der Waals surface area contributed by atoms with Crippen molar-refractivity contribution in [2.45, 2.75) is 57.5 Å². The Morgan fingerprint density at radius 1 is 1.26 bits per heavy atom. The highest BCUT2D eigenvalue weighted by atomic mass is 32.1. The molecule has 0 radical (unpaired) electrons. The van der Waals surface area contributed by atoms with Crippen molar-refractivity contribution in [2.24, 2.45) is 5.92 Å². The third-order valence-corrected chi connectivity index (χ3v) is 8.88. The molecule has 2 aromatic heterocycles. The lowest BCUT2D eigenvalue weighted by molar-refractivity contribution is -0.122. The van der Waals surface area contributed by atoms with Gasteiger partial charge in [-0.15, -0.1) is 11.3 Å². The Kier molecular flexibility index (Phi) is 5.27. The number of rotatable bonds is 3. The summed E-state index contributed by atoms with van der Waals surface area (Å²) in [5, 5.41) is 14.4. The number of carbonyl (C=O) groups is 1. The van der Waals surface area contributed by atoms with E-state index in [4.69, 9.17) is 4.98 Å². The van der Waals surface area contributed by atoms with Crippen LogP contribution in [0.5, 0.6) is 0 Å². The smallest absolute Gasteiger partial charge is 0.246 e. The molecule has 1 N–H and O–H groups in total. The van der Waals surface area contributed by atoms with Crippen LogP contribution in [0.2, 0.25) is 0 Å². The Morgan fingerprint density at radius 2 is 2.09 bits per heavy atom. The van der Waals surface area contributed by atoms with E-state index in [2.05, 4.69) is 46.5 Å². The number of nitrogens with zero attached hydrogens (tertiary/aromatic N) is 5. The second kappa shape index (κ2) is 8.33. The SMILES string of the molecule is CC1c2cnc(Nc3ccc4c5c(sc4c3)CCN(C)C5)nc2N(C2CCCC2)C(=O)C1C#N. The van der Waals surface area contributed by atoms with Crippen molar-refractivity contribution in [1.82, 2.24) is 14.9 Å². The maximum absolute atomic E-state index is 13.3. The van der Waals surface area contributed by atoms with Gasteiger partial charge in [0.05, 0.1) is 6.07 Å². The number of amides is 1. The molecule has 3 aromatic rings. The number of anilines is 3. The Balaban J connectivity index is 1.34. The van der Waals surface area contributed by atoms with E-state index >= 15 is 0 Å². The molecule has 1 aliphatic carbocycles. The third kappa shape index (κ3) is 3.46. The Hall–Kier alpha value is -3.02. The van der Waals surface area contributed by atoms with Crippen LogP contribution in [0.25, 0.3) is 10.1 Å². The lowest BCUT2D eigenvalue weighted by Crippen LogP contribution is -2.48. The lowest BCUT2D eigenvalue weighted by Gasteiger charge is -2.37. The number of nitriles is 1. The fourth-order valence-corrected chi connectivity index (χ4v) is 6.95. The van der Waals surface area contributed by atoms with Crippen LogP contribution in [0.1, 0.15) is 54.5 Å². The highest BCUT2D eigenvalue weighted by molar-refractivity contribution is 7.19. The molecule has 0 bridgehead atoms. The van der Waals surface area contributed by atoms with Crippen molar-refractivity contribution in [1.29, 1.82) is 5.26 Å². The van der Waals surface area contributed by atoms with Crippen LogP contribution in [0.15, 0.2) is 24.4 Å². The summed E-state index contributed by atoms with van der Waals surface area (Å²) in [4.78, 5) is 28.3. The summed E-state index contributed by atoms with van der Waals surface area (Å²) in [5.74, 6) is 0.143. The summed E-state index contributed by atoms with van der Waals surface area (Å²) >= 11 is 1.88. The number of hydrogen-bond donors (Lipinski definition) is 1. The predicted molar refractivity (Wildman–Crippen MR) is 134 cm³/mol. The zero-order chi connectivity index (χ0) is 23.4. The van der Waals surface area contributed by atoms with Crippen molar-refractivity contribution in [3.8, 4) is 6.07 Å². The summed E-state index contributed by atoms with van der Waals surface area (Å²) in [6.07, 6.45) is 7.03. The van der Waals surface area contributed by atoms with Crippen molar-refractivity contribution in [2.75, 3.05) is 23.8 Å². The molecule has 2 unspecified atom stereocenters. The van der Waals surface area contributed by atoms with Crippen LogP contribution in [0, 0.1) is 17.2 Å². The molecular weight excluding hydrogens is 444 g/mol. The number of thiophene rings is 1. The zero-order valence-electron chi connectivity index (χ0n) is 19.5. The van der Waals surface area contributed by atoms with E-state index in [1.807, 2.05) is 18.3 Å². The first-order chi connectivity index (χ1) is 16.5. The van der Waals surface area contributed by atoms with Gasteiger partial charge in [0, 0.05) is 52.1 Å². The fourth-order valence-electron chi connectivity index (χ4n) is 5.71. The van der Waals surface area contributed by atoms with Gasteiger partial charge in [0.2, 0.25) is 11.9 Å². The second-order valence-corrected chi connectivity index (χ2v) is 11.0. The number of nitrogens with one attached hydrogen (secondary N) is 1. The number of hydrogen-bond acceptors (Lipinski definition) is 7. The Bertz CT molecular complexity index is 1320. The predicted octanol–water partition coefficient (Wildman–Crippen LogP) is 4.96. The summed E-state index contributed by atoms with van der Waals surface area (Å²) in [6, 6.07) is 8.80. The van der Waals surface area contributed by atoms with E-state index in [9.17, 15) is 10.1 Å². The maximum Gasteiger partial charge on any atom is 0.246 e. The number of benzene rings is 1. The third-order valence-electron chi connectivity index (χ3n) is 7.63. The average molecular weight is 473 g/mol. The zero-order valence-corrected chi connectivity index (χ0v) is 20.4. The molecule has 7 nitrogen and oxygen atoms in total. The molecule has 2 atom stereocenters. The van der Waals surface area contributed by atoms with E-state index in [1.165, 1.54) is 20.5 Å². The molecule has 1 aromatic carbocycles.